The fourth-order valence-corrected chi connectivity index (χ4v) is 3.52. The molecule has 5 heteroatoms. The molecule has 3 aromatic carbocycles. The zero-order chi connectivity index (χ0) is 18.8. The van der Waals surface area contributed by atoms with Gasteiger partial charge in [0.05, 0.1) is 12.8 Å². The van der Waals surface area contributed by atoms with Crippen LogP contribution in [0, 0.1) is 0 Å². The second kappa shape index (κ2) is 7.11. The maximum Gasteiger partial charge on any atom is 0.343 e. The van der Waals surface area contributed by atoms with Crippen molar-refractivity contribution in [1.82, 2.24) is 0 Å². The van der Waals surface area contributed by atoms with E-state index in [2.05, 4.69) is 22.2 Å². The van der Waals surface area contributed by atoms with Gasteiger partial charge < -0.3 is 14.8 Å². The number of fused-ring (bicyclic) bond motifs is 3. The molecule has 1 aliphatic heterocycles. The number of hydrogen-bond acceptors (Lipinski definition) is 4. The van der Waals surface area contributed by atoms with Crippen molar-refractivity contribution in [3.63, 3.8) is 0 Å². The Hall–Kier alpha value is -3.34. The highest BCUT2D eigenvalue weighted by molar-refractivity contribution is 6.06. The summed E-state index contributed by atoms with van der Waals surface area (Å²) in [6, 6.07) is 19.7. The number of carbonyl (C=O) groups excluding carboxylic acids is 2. The van der Waals surface area contributed by atoms with Crippen LogP contribution in [0.1, 0.15) is 23.5 Å². The Balaban J connectivity index is 1.72. The molecular formula is C22H19NO4. The van der Waals surface area contributed by atoms with Gasteiger partial charge in [-0.2, -0.15) is 0 Å². The normalized spacial score (nSPS) is 15.7. The second-order valence-electron chi connectivity index (χ2n) is 6.49. The molecule has 27 heavy (non-hydrogen) atoms. The lowest BCUT2D eigenvalue weighted by Gasteiger charge is -2.27. The van der Waals surface area contributed by atoms with E-state index in [0.717, 1.165) is 27.6 Å². The summed E-state index contributed by atoms with van der Waals surface area (Å²) < 4.78 is 10.1. The van der Waals surface area contributed by atoms with E-state index >= 15 is 0 Å². The van der Waals surface area contributed by atoms with E-state index < -0.39 is 5.97 Å². The molecule has 0 spiro atoms. The fourth-order valence-electron chi connectivity index (χ4n) is 3.52. The highest BCUT2D eigenvalue weighted by Crippen LogP contribution is 2.41. The molecule has 0 aliphatic carbocycles. The quantitative estimate of drug-likeness (QED) is 0.717. The molecule has 0 aromatic heterocycles. The molecule has 0 bridgehead atoms. The Kier molecular flexibility index (Phi) is 4.50. The van der Waals surface area contributed by atoms with Crippen molar-refractivity contribution in [1.29, 1.82) is 0 Å². The third-order valence-corrected chi connectivity index (χ3v) is 4.84. The van der Waals surface area contributed by atoms with Crippen LogP contribution in [0.2, 0.25) is 0 Å². The molecule has 4 rings (SSSR count). The van der Waals surface area contributed by atoms with Crippen LogP contribution >= 0.6 is 0 Å². The van der Waals surface area contributed by atoms with Gasteiger partial charge >= 0.3 is 5.97 Å². The highest BCUT2D eigenvalue weighted by atomic mass is 16.6. The van der Waals surface area contributed by atoms with Crippen LogP contribution in [-0.4, -0.2) is 25.6 Å². The van der Waals surface area contributed by atoms with Gasteiger partial charge in [-0.25, -0.2) is 4.79 Å². The summed E-state index contributed by atoms with van der Waals surface area (Å²) in [5, 5.41) is 5.16. The largest absolute Gasteiger partial charge is 0.482 e. The summed E-state index contributed by atoms with van der Waals surface area (Å²) in [5.41, 5.74) is 2.93. The van der Waals surface area contributed by atoms with Crippen LogP contribution in [-0.2, 0) is 14.3 Å². The third-order valence-electron chi connectivity index (χ3n) is 4.84. The number of anilines is 1. The highest BCUT2D eigenvalue weighted by Gasteiger charge is 2.28. The number of esters is 1. The lowest BCUT2D eigenvalue weighted by atomic mass is 9.83. The topological polar surface area (TPSA) is 64.6 Å². The maximum atomic E-state index is 12.4. The number of benzene rings is 3. The van der Waals surface area contributed by atoms with Crippen molar-refractivity contribution < 1.29 is 19.1 Å². The van der Waals surface area contributed by atoms with E-state index in [-0.39, 0.29) is 18.4 Å². The minimum absolute atomic E-state index is 0.00950. The van der Waals surface area contributed by atoms with Crippen LogP contribution in [0.3, 0.4) is 0 Å². The smallest absolute Gasteiger partial charge is 0.343 e. The SMILES string of the molecule is COC(=O)COc1cccc([C@H]2CC(=O)Nc3c2ccc2ccccc32)c1. The lowest BCUT2D eigenvalue weighted by Crippen LogP contribution is -2.23. The molecule has 3 aromatic rings. The van der Waals surface area contributed by atoms with Gasteiger partial charge in [0.15, 0.2) is 6.61 Å². The first-order valence-corrected chi connectivity index (χ1v) is 8.77. The zero-order valence-corrected chi connectivity index (χ0v) is 14.9. The van der Waals surface area contributed by atoms with Crippen LogP contribution in [0.25, 0.3) is 10.8 Å². The summed E-state index contributed by atoms with van der Waals surface area (Å²) in [6.07, 6.45) is 0.367. The first-order valence-electron chi connectivity index (χ1n) is 8.77. The minimum atomic E-state index is -0.436. The average Bonchev–Trinajstić information content (AvgIpc) is 2.71. The van der Waals surface area contributed by atoms with E-state index in [0.29, 0.717) is 12.2 Å². The molecule has 0 fully saturated rings. The van der Waals surface area contributed by atoms with Gasteiger partial charge in [0, 0.05) is 17.7 Å². The van der Waals surface area contributed by atoms with Gasteiger partial charge in [-0.3, -0.25) is 4.79 Å². The van der Waals surface area contributed by atoms with Crippen molar-refractivity contribution in [2.75, 3.05) is 19.0 Å². The molecular weight excluding hydrogens is 342 g/mol. The molecule has 1 atom stereocenters. The summed E-state index contributed by atoms with van der Waals surface area (Å²) in [5.74, 6) is 0.0604. The molecule has 0 radical (unpaired) electrons. The van der Waals surface area contributed by atoms with Crippen molar-refractivity contribution in [3.8, 4) is 5.75 Å². The van der Waals surface area contributed by atoms with Crippen LogP contribution in [0.5, 0.6) is 5.75 Å². The molecule has 0 saturated heterocycles. The lowest BCUT2D eigenvalue weighted by molar-refractivity contribution is -0.142. The Labute approximate surface area is 156 Å². The monoisotopic (exact) mass is 361 g/mol. The molecule has 1 N–H and O–H groups in total. The minimum Gasteiger partial charge on any atom is -0.482 e. The Morgan fingerprint density at radius 1 is 1.11 bits per heavy atom. The Morgan fingerprint density at radius 3 is 2.81 bits per heavy atom. The second-order valence-corrected chi connectivity index (χ2v) is 6.49. The first-order chi connectivity index (χ1) is 13.2. The van der Waals surface area contributed by atoms with Crippen molar-refractivity contribution in [2.45, 2.75) is 12.3 Å². The van der Waals surface area contributed by atoms with Gasteiger partial charge in [0.1, 0.15) is 5.75 Å². The number of carbonyl (C=O) groups is 2. The van der Waals surface area contributed by atoms with Gasteiger partial charge in [0.25, 0.3) is 0 Å². The zero-order valence-electron chi connectivity index (χ0n) is 14.9. The van der Waals surface area contributed by atoms with Crippen molar-refractivity contribution in [3.05, 3.63) is 71.8 Å². The van der Waals surface area contributed by atoms with Crippen LogP contribution in [0.15, 0.2) is 60.7 Å². The van der Waals surface area contributed by atoms with Crippen LogP contribution in [0.4, 0.5) is 5.69 Å². The van der Waals surface area contributed by atoms with Crippen molar-refractivity contribution >= 4 is 28.3 Å². The first kappa shape index (κ1) is 17.1. The van der Waals surface area contributed by atoms with Gasteiger partial charge in [-0.1, -0.05) is 48.5 Å². The van der Waals surface area contributed by atoms with Gasteiger partial charge in [0.2, 0.25) is 5.91 Å². The molecule has 1 aliphatic rings. The summed E-state index contributed by atoms with van der Waals surface area (Å²) in [7, 11) is 1.32. The Bertz CT molecular complexity index is 1030. The number of amides is 1. The van der Waals surface area contributed by atoms with Gasteiger partial charge in [-0.05, 0) is 28.6 Å². The number of rotatable bonds is 4. The number of hydrogen-bond donors (Lipinski definition) is 1. The Morgan fingerprint density at radius 2 is 1.96 bits per heavy atom. The predicted octanol–water partition coefficient (Wildman–Crippen LogP) is 3.87. The number of ether oxygens (including phenoxy) is 2. The van der Waals surface area contributed by atoms with E-state index in [1.807, 2.05) is 42.5 Å². The fraction of sp³-hybridized carbons (Fsp3) is 0.182. The molecule has 0 unspecified atom stereocenters. The van der Waals surface area contributed by atoms with E-state index in [4.69, 9.17) is 4.74 Å². The number of nitrogens with one attached hydrogen (secondary N) is 1. The van der Waals surface area contributed by atoms with Crippen molar-refractivity contribution in [2.24, 2.45) is 0 Å². The molecule has 0 saturated carbocycles. The van der Waals surface area contributed by atoms with E-state index in [9.17, 15) is 9.59 Å². The number of methoxy groups -OCH3 is 1. The molecule has 1 amide bonds. The maximum absolute atomic E-state index is 12.4. The molecule has 136 valence electrons. The summed E-state index contributed by atoms with van der Waals surface area (Å²) in [4.78, 5) is 23.7. The summed E-state index contributed by atoms with van der Waals surface area (Å²) >= 11 is 0. The van der Waals surface area contributed by atoms with E-state index in [1.54, 1.807) is 6.07 Å². The standard InChI is InChI=1S/C22H19NO4/c1-26-21(25)13-27-16-7-4-6-15(11-16)19-12-20(24)23-22-17-8-3-2-5-14(17)9-10-18(19)22/h2-11,19H,12-13H2,1H3,(H,23,24)/t19-/m1/s1. The van der Waals surface area contributed by atoms with Crippen LogP contribution < -0.4 is 10.1 Å². The third kappa shape index (κ3) is 3.36. The molecule has 5 nitrogen and oxygen atoms in total. The van der Waals surface area contributed by atoms with E-state index in [1.165, 1.54) is 7.11 Å². The average molecular weight is 361 g/mol. The predicted molar refractivity (Wildman–Crippen MR) is 103 cm³/mol. The molecule has 1 heterocycles. The van der Waals surface area contributed by atoms with Gasteiger partial charge in [-0.15, -0.1) is 0 Å². The summed E-state index contributed by atoms with van der Waals surface area (Å²) in [6.45, 7) is -0.146.